The van der Waals surface area contributed by atoms with E-state index in [2.05, 4.69) is 34.9 Å². The molecule has 0 amide bonds. The van der Waals surface area contributed by atoms with Gasteiger partial charge in [-0.25, -0.2) is 0 Å². The Labute approximate surface area is 165 Å². The van der Waals surface area contributed by atoms with Crippen molar-refractivity contribution in [3.05, 3.63) is 60.7 Å². The maximum Gasteiger partial charge on any atom is 0.251 e. The number of para-hydroxylation sites is 2. The van der Waals surface area contributed by atoms with E-state index in [-0.39, 0.29) is 12.2 Å². The van der Waals surface area contributed by atoms with Gasteiger partial charge >= 0.3 is 0 Å². The summed E-state index contributed by atoms with van der Waals surface area (Å²) in [5.74, 6) is -0.864. The maximum atomic E-state index is 13.1. The molecule has 4 heterocycles. The van der Waals surface area contributed by atoms with Gasteiger partial charge in [-0.1, -0.05) is 48.5 Å². The van der Waals surface area contributed by atoms with Gasteiger partial charge in [0.1, 0.15) is 6.23 Å². The van der Waals surface area contributed by atoms with E-state index >= 15 is 0 Å². The molecule has 5 nitrogen and oxygen atoms in total. The minimum atomic E-state index is -1.37. The first-order chi connectivity index (χ1) is 14.1. The van der Waals surface area contributed by atoms with E-state index in [9.17, 15) is 9.59 Å². The SMILES string of the molecule is C[C@]12O[C@H](CC(=O)C1=O)n1c3ccccc3c3ccc4c5ccccc5n2c4c31. The predicted octanol–water partition coefficient (Wildman–Crippen LogP) is 4.65. The number of ketones is 2. The van der Waals surface area contributed by atoms with Gasteiger partial charge in [-0.2, -0.15) is 0 Å². The summed E-state index contributed by atoms with van der Waals surface area (Å²) in [5, 5.41) is 4.35. The highest BCUT2D eigenvalue weighted by Gasteiger charge is 2.51. The van der Waals surface area contributed by atoms with Crippen LogP contribution in [0.5, 0.6) is 0 Å². The van der Waals surface area contributed by atoms with Gasteiger partial charge in [0.25, 0.3) is 5.78 Å². The van der Waals surface area contributed by atoms with Gasteiger partial charge in [0.15, 0.2) is 0 Å². The Morgan fingerprint density at radius 3 is 2.21 bits per heavy atom. The van der Waals surface area contributed by atoms with Crippen LogP contribution in [0.15, 0.2) is 60.7 Å². The number of fused-ring (bicyclic) bond motifs is 10. The van der Waals surface area contributed by atoms with Gasteiger partial charge in [0.2, 0.25) is 11.5 Å². The van der Waals surface area contributed by atoms with Crippen LogP contribution in [-0.2, 0) is 20.1 Å². The minimum absolute atomic E-state index is 0.0569. The lowest BCUT2D eigenvalue weighted by atomic mass is 9.99. The number of benzene rings is 3. The second kappa shape index (κ2) is 4.75. The maximum absolute atomic E-state index is 13.1. The third-order valence-electron chi connectivity index (χ3n) is 6.62. The number of nitrogens with zero attached hydrogens (tertiary/aromatic N) is 2. The lowest BCUT2D eigenvalue weighted by Crippen LogP contribution is -2.50. The molecule has 3 aromatic carbocycles. The van der Waals surface area contributed by atoms with Crippen LogP contribution >= 0.6 is 0 Å². The fraction of sp³-hybridized carbons (Fsp3) is 0.167. The van der Waals surface area contributed by atoms with Crippen LogP contribution in [0, 0.1) is 0 Å². The third kappa shape index (κ3) is 1.59. The van der Waals surface area contributed by atoms with E-state index in [4.69, 9.17) is 4.74 Å². The molecule has 1 saturated heterocycles. The van der Waals surface area contributed by atoms with E-state index in [1.807, 2.05) is 34.9 Å². The van der Waals surface area contributed by atoms with E-state index < -0.39 is 17.7 Å². The number of ether oxygens (including phenoxy) is 1. The zero-order valence-electron chi connectivity index (χ0n) is 15.7. The lowest BCUT2D eigenvalue weighted by Gasteiger charge is -2.37. The molecule has 2 aliphatic rings. The molecule has 1 fully saturated rings. The Morgan fingerprint density at radius 1 is 0.828 bits per heavy atom. The van der Waals surface area contributed by atoms with E-state index in [0.717, 1.165) is 43.6 Å². The van der Waals surface area contributed by atoms with Gasteiger partial charge in [0, 0.05) is 21.5 Å². The van der Waals surface area contributed by atoms with Crippen molar-refractivity contribution >= 4 is 55.2 Å². The minimum Gasteiger partial charge on any atom is -0.324 e. The van der Waals surface area contributed by atoms with Crippen molar-refractivity contribution in [1.82, 2.24) is 9.13 Å². The third-order valence-corrected chi connectivity index (χ3v) is 6.62. The molecule has 5 heteroatoms. The molecule has 0 spiro atoms. The molecule has 2 aromatic heterocycles. The molecule has 140 valence electrons. The summed E-state index contributed by atoms with van der Waals surface area (Å²) in [6.07, 6.45) is -0.460. The van der Waals surface area contributed by atoms with Gasteiger partial charge in [-0.3, -0.25) is 9.59 Å². The lowest BCUT2D eigenvalue weighted by molar-refractivity contribution is -0.194. The van der Waals surface area contributed by atoms with E-state index in [1.54, 1.807) is 6.92 Å². The average Bonchev–Trinajstić information content (AvgIpc) is 3.22. The van der Waals surface area contributed by atoms with Gasteiger partial charge in [-0.05, 0) is 19.1 Å². The average molecular weight is 380 g/mol. The molecule has 0 unspecified atom stereocenters. The van der Waals surface area contributed by atoms with Crippen molar-refractivity contribution in [2.45, 2.75) is 25.3 Å². The summed E-state index contributed by atoms with van der Waals surface area (Å²) < 4.78 is 10.5. The van der Waals surface area contributed by atoms with Crippen LogP contribution in [0.25, 0.3) is 43.6 Å². The van der Waals surface area contributed by atoms with Gasteiger partial charge in [0.05, 0.1) is 28.5 Å². The molecule has 0 N–H and O–H groups in total. The van der Waals surface area contributed by atoms with Crippen LogP contribution < -0.4 is 0 Å². The summed E-state index contributed by atoms with van der Waals surface area (Å²) >= 11 is 0. The number of carbonyl (C=O) groups is 2. The summed E-state index contributed by atoms with van der Waals surface area (Å²) in [6, 6.07) is 20.5. The summed E-state index contributed by atoms with van der Waals surface area (Å²) in [7, 11) is 0. The standard InChI is InChI=1S/C24H16N2O3/c1-24-23(28)19(27)12-20(29-24)25-17-8-4-2-6-13(17)15-10-11-16-14-7-3-5-9-18(14)26(24)22(16)21(15)25/h2-11,20H,12H2,1H3/t20-,24+/m1/s1. The molecule has 2 aliphatic heterocycles. The monoisotopic (exact) mass is 380 g/mol. The van der Waals surface area contributed by atoms with Gasteiger partial charge < -0.3 is 13.9 Å². The smallest absolute Gasteiger partial charge is 0.251 e. The van der Waals surface area contributed by atoms with Crippen LogP contribution in [0.1, 0.15) is 19.6 Å². The first kappa shape index (κ1) is 15.5. The summed E-state index contributed by atoms with van der Waals surface area (Å²) in [5.41, 5.74) is 2.53. The Morgan fingerprint density at radius 2 is 1.45 bits per heavy atom. The number of hydrogen-bond acceptors (Lipinski definition) is 3. The Bertz CT molecular complexity index is 1570. The molecular weight excluding hydrogens is 364 g/mol. The number of carbonyl (C=O) groups excluding carboxylic acids is 2. The number of rotatable bonds is 0. The molecule has 0 saturated carbocycles. The highest BCUT2D eigenvalue weighted by molar-refractivity contribution is 6.40. The van der Waals surface area contributed by atoms with Crippen molar-refractivity contribution in [2.24, 2.45) is 0 Å². The Balaban J connectivity index is 1.86. The highest BCUT2D eigenvalue weighted by Crippen LogP contribution is 2.48. The zero-order chi connectivity index (χ0) is 19.5. The molecular formula is C24H16N2O3. The normalized spacial score (nSPS) is 23.7. The molecule has 0 radical (unpaired) electrons. The fourth-order valence-corrected chi connectivity index (χ4v) is 5.44. The topological polar surface area (TPSA) is 53.2 Å². The number of Topliss-reactive ketones (excluding diaryl/α,β-unsaturated/α-hetero) is 2. The van der Waals surface area contributed by atoms with Crippen LogP contribution in [0.3, 0.4) is 0 Å². The molecule has 0 aliphatic carbocycles. The quantitative estimate of drug-likeness (QED) is 0.368. The van der Waals surface area contributed by atoms with Crippen LogP contribution in [-0.4, -0.2) is 20.7 Å². The zero-order valence-corrected chi connectivity index (χ0v) is 15.7. The first-order valence-electron chi connectivity index (χ1n) is 9.80. The van der Waals surface area contributed by atoms with Crippen molar-refractivity contribution in [3.63, 3.8) is 0 Å². The Hall–Kier alpha value is -3.44. The van der Waals surface area contributed by atoms with Crippen LogP contribution in [0.4, 0.5) is 0 Å². The molecule has 29 heavy (non-hydrogen) atoms. The highest BCUT2D eigenvalue weighted by atomic mass is 16.5. The molecule has 7 rings (SSSR count). The predicted molar refractivity (Wildman–Crippen MR) is 111 cm³/mol. The van der Waals surface area contributed by atoms with Crippen LogP contribution in [0.2, 0.25) is 0 Å². The van der Waals surface area contributed by atoms with Crippen molar-refractivity contribution < 1.29 is 14.3 Å². The Kier molecular flexibility index (Phi) is 2.54. The van der Waals surface area contributed by atoms with Crippen molar-refractivity contribution in [3.8, 4) is 0 Å². The van der Waals surface area contributed by atoms with E-state index in [0.29, 0.717) is 0 Å². The summed E-state index contributed by atoms with van der Waals surface area (Å²) in [6.45, 7) is 1.73. The molecule has 5 aromatic rings. The summed E-state index contributed by atoms with van der Waals surface area (Å²) in [4.78, 5) is 26.0. The number of hydrogen-bond donors (Lipinski definition) is 0. The molecule has 2 atom stereocenters. The van der Waals surface area contributed by atoms with Gasteiger partial charge in [-0.15, -0.1) is 0 Å². The van der Waals surface area contributed by atoms with Crippen molar-refractivity contribution in [1.29, 1.82) is 0 Å². The second-order valence-electron chi connectivity index (χ2n) is 8.11. The molecule has 2 bridgehead atoms. The largest absolute Gasteiger partial charge is 0.324 e. The van der Waals surface area contributed by atoms with E-state index in [1.165, 1.54) is 0 Å². The fourth-order valence-electron chi connectivity index (χ4n) is 5.44. The van der Waals surface area contributed by atoms with Crippen molar-refractivity contribution in [2.75, 3.05) is 0 Å². The second-order valence-corrected chi connectivity index (χ2v) is 8.11. The first-order valence-corrected chi connectivity index (χ1v) is 9.80. The number of aromatic nitrogens is 2.